The third-order valence-corrected chi connectivity index (χ3v) is 3.15. The highest BCUT2D eigenvalue weighted by molar-refractivity contribution is 5.71. The van der Waals surface area contributed by atoms with Gasteiger partial charge in [0.15, 0.2) is 0 Å². The maximum absolute atomic E-state index is 11.1. The lowest BCUT2D eigenvalue weighted by Crippen LogP contribution is -2.36. The van der Waals surface area contributed by atoms with Gasteiger partial charge < -0.3 is 4.79 Å². The highest BCUT2D eigenvalue weighted by Crippen LogP contribution is 2.42. The molecule has 1 heteroatoms. The van der Waals surface area contributed by atoms with E-state index in [0.717, 1.165) is 19.1 Å². The van der Waals surface area contributed by atoms with Gasteiger partial charge in [0, 0.05) is 0 Å². The van der Waals surface area contributed by atoms with Crippen LogP contribution in [0.3, 0.4) is 0 Å². The minimum Gasteiger partial charge on any atom is -0.302 e. The number of benzene rings is 1. The molecule has 1 fully saturated rings. The summed E-state index contributed by atoms with van der Waals surface area (Å²) in [4.78, 5) is 11.1. The van der Waals surface area contributed by atoms with Crippen LogP contribution in [0.25, 0.3) is 0 Å². The van der Waals surface area contributed by atoms with E-state index in [9.17, 15) is 4.79 Å². The number of aldehydes is 1. The van der Waals surface area contributed by atoms with Gasteiger partial charge in [0.1, 0.15) is 6.29 Å². The predicted molar refractivity (Wildman–Crippen MR) is 52.8 cm³/mol. The standard InChI is InChI=1S/C12H14O/c1-10-5-2-3-6-11(10)12(9-13)7-4-8-12/h2-3,5-6,9H,4,7-8H2,1H3. The van der Waals surface area contributed by atoms with Gasteiger partial charge in [0.05, 0.1) is 5.41 Å². The van der Waals surface area contributed by atoms with Gasteiger partial charge in [-0.25, -0.2) is 0 Å². The highest BCUT2D eigenvalue weighted by atomic mass is 16.1. The molecule has 1 aromatic rings. The van der Waals surface area contributed by atoms with Crippen molar-refractivity contribution >= 4 is 6.29 Å². The van der Waals surface area contributed by atoms with E-state index in [1.807, 2.05) is 12.1 Å². The van der Waals surface area contributed by atoms with Gasteiger partial charge in [-0.1, -0.05) is 30.7 Å². The zero-order chi connectivity index (χ0) is 9.31. The van der Waals surface area contributed by atoms with Crippen LogP contribution in [0.5, 0.6) is 0 Å². The largest absolute Gasteiger partial charge is 0.302 e. The van der Waals surface area contributed by atoms with E-state index in [4.69, 9.17) is 0 Å². The number of rotatable bonds is 2. The van der Waals surface area contributed by atoms with Gasteiger partial charge in [0.25, 0.3) is 0 Å². The molecule has 1 saturated carbocycles. The summed E-state index contributed by atoms with van der Waals surface area (Å²) in [7, 11) is 0. The Morgan fingerprint density at radius 2 is 2.00 bits per heavy atom. The molecule has 0 atom stereocenters. The fourth-order valence-corrected chi connectivity index (χ4v) is 2.14. The molecule has 1 aliphatic carbocycles. The van der Waals surface area contributed by atoms with Crippen molar-refractivity contribution in [1.29, 1.82) is 0 Å². The molecular weight excluding hydrogens is 160 g/mol. The highest BCUT2D eigenvalue weighted by Gasteiger charge is 2.39. The molecule has 0 aliphatic heterocycles. The molecule has 1 nitrogen and oxygen atoms in total. The molecular formula is C12H14O. The second-order valence-corrected chi connectivity index (χ2v) is 3.94. The van der Waals surface area contributed by atoms with Crippen LogP contribution in [-0.2, 0) is 10.2 Å². The van der Waals surface area contributed by atoms with Crippen LogP contribution in [0, 0.1) is 6.92 Å². The molecule has 2 rings (SSSR count). The lowest BCUT2D eigenvalue weighted by atomic mass is 9.64. The van der Waals surface area contributed by atoms with Crippen LogP contribution < -0.4 is 0 Å². The summed E-state index contributed by atoms with van der Waals surface area (Å²) in [6, 6.07) is 8.21. The van der Waals surface area contributed by atoms with E-state index in [-0.39, 0.29) is 5.41 Å². The quantitative estimate of drug-likeness (QED) is 0.630. The molecule has 0 amide bonds. The summed E-state index contributed by atoms with van der Waals surface area (Å²) in [5, 5.41) is 0. The Kier molecular flexibility index (Phi) is 1.95. The minimum absolute atomic E-state index is 0.134. The second-order valence-electron chi connectivity index (χ2n) is 3.94. The fourth-order valence-electron chi connectivity index (χ4n) is 2.14. The first-order valence-electron chi connectivity index (χ1n) is 4.81. The number of aryl methyl sites for hydroxylation is 1. The SMILES string of the molecule is Cc1ccccc1C1(C=O)CCC1. The van der Waals surface area contributed by atoms with E-state index in [1.165, 1.54) is 17.5 Å². The molecule has 0 spiro atoms. The van der Waals surface area contributed by atoms with Crippen LogP contribution in [-0.4, -0.2) is 6.29 Å². The summed E-state index contributed by atoms with van der Waals surface area (Å²) < 4.78 is 0. The average Bonchev–Trinajstić information content (AvgIpc) is 2.07. The molecule has 1 aromatic carbocycles. The van der Waals surface area contributed by atoms with Gasteiger partial charge in [-0.2, -0.15) is 0 Å². The van der Waals surface area contributed by atoms with Crippen molar-refractivity contribution in [3.63, 3.8) is 0 Å². The van der Waals surface area contributed by atoms with Gasteiger partial charge in [-0.3, -0.25) is 0 Å². The summed E-state index contributed by atoms with van der Waals surface area (Å²) >= 11 is 0. The van der Waals surface area contributed by atoms with Crippen LogP contribution in [0.4, 0.5) is 0 Å². The Morgan fingerprint density at radius 1 is 1.31 bits per heavy atom. The van der Waals surface area contributed by atoms with Crippen molar-refractivity contribution in [3.8, 4) is 0 Å². The molecule has 68 valence electrons. The van der Waals surface area contributed by atoms with Crippen molar-refractivity contribution in [2.24, 2.45) is 0 Å². The minimum atomic E-state index is -0.134. The number of carbonyl (C=O) groups is 1. The summed E-state index contributed by atoms with van der Waals surface area (Å²) in [5.74, 6) is 0. The maximum atomic E-state index is 11.1. The van der Waals surface area contributed by atoms with Crippen molar-refractivity contribution in [2.75, 3.05) is 0 Å². The average molecular weight is 174 g/mol. The van der Waals surface area contributed by atoms with Crippen LogP contribution >= 0.6 is 0 Å². The van der Waals surface area contributed by atoms with Crippen LogP contribution in [0.2, 0.25) is 0 Å². The third-order valence-electron chi connectivity index (χ3n) is 3.15. The van der Waals surface area contributed by atoms with Crippen molar-refractivity contribution < 1.29 is 4.79 Å². The predicted octanol–water partition coefficient (Wildman–Crippen LogP) is 2.62. The number of hydrogen-bond acceptors (Lipinski definition) is 1. The molecule has 13 heavy (non-hydrogen) atoms. The molecule has 0 heterocycles. The Labute approximate surface area is 78.8 Å². The molecule has 0 radical (unpaired) electrons. The van der Waals surface area contributed by atoms with Crippen molar-refractivity contribution in [2.45, 2.75) is 31.6 Å². The normalized spacial score (nSPS) is 19.2. The van der Waals surface area contributed by atoms with Crippen LogP contribution in [0.1, 0.15) is 30.4 Å². The first-order chi connectivity index (χ1) is 6.28. The zero-order valence-electron chi connectivity index (χ0n) is 7.92. The lowest BCUT2D eigenvalue weighted by molar-refractivity contribution is -0.115. The van der Waals surface area contributed by atoms with Gasteiger partial charge in [-0.05, 0) is 30.9 Å². The van der Waals surface area contributed by atoms with E-state index in [2.05, 4.69) is 19.1 Å². The Hall–Kier alpha value is -1.11. The third kappa shape index (κ3) is 1.19. The zero-order valence-corrected chi connectivity index (χ0v) is 7.92. The summed E-state index contributed by atoms with van der Waals surface area (Å²) in [6.07, 6.45) is 4.38. The van der Waals surface area contributed by atoms with Gasteiger partial charge in [0.2, 0.25) is 0 Å². The van der Waals surface area contributed by atoms with Crippen molar-refractivity contribution in [3.05, 3.63) is 35.4 Å². The summed E-state index contributed by atoms with van der Waals surface area (Å²) in [5.41, 5.74) is 2.34. The molecule has 0 bridgehead atoms. The molecule has 1 aliphatic rings. The molecule has 0 N–H and O–H groups in total. The second kappa shape index (κ2) is 2.99. The monoisotopic (exact) mass is 174 g/mol. The fraction of sp³-hybridized carbons (Fsp3) is 0.417. The van der Waals surface area contributed by atoms with Crippen LogP contribution in [0.15, 0.2) is 24.3 Å². The Morgan fingerprint density at radius 3 is 2.46 bits per heavy atom. The van der Waals surface area contributed by atoms with E-state index in [0.29, 0.717) is 0 Å². The Bertz CT molecular complexity index is 324. The Balaban J connectivity index is 2.44. The number of hydrogen-bond donors (Lipinski definition) is 0. The topological polar surface area (TPSA) is 17.1 Å². The molecule has 0 aromatic heterocycles. The summed E-state index contributed by atoms with van der Waals surface area (Å²) in [6.45, 7) is 2.08. The van der Waals surface area contributed by atoms with Gasteiger partial charge >= 0.3 is 0 Å². The van der Waals surface area contributed by atoms with E-state index >= 15 is 0 Å². The van der Waals surface area contributed by atoms with Crippen molar-refractivity contribution in [1.82, 2.24) is 0 Å². The van der Waals surface area contributed by atoms with E-state index in [1.54, 1.807) is 0 Å². The number of carbonyl (C=O) groups excluding carboxylic acids is 1. The first-order valence-corrected chi connectivity index (χ1v) is 4.81. The smallest absolute Gasteiger partial charge is 0.130 e. The first kappa shape index (κ1) is 8.49. The molecule has 0 saturated heterocycles. The lowest BCUT2D eigenvalue weighted by Gasteiger charge is -2.38. The maximum Gasteiger partial charge on any atom is 0.130 e. The molecule has 0 unspecified atom stereocenters. The van der Waals surface area contributed by atoms with Gasteiger partial charge in [-0.15, -0.1) is 0 Å². The van der Waals surface area contributed by atoms with E-state index < -0.39 is 0 Å².